The molecule has 0 aliphatic heterocycles. The van der Waals surface area contributed by atoms with Crippen LogP contribution in [0.3, 0.4) is 0 Å². The number of hydrogen-bond donors (Lipinski definition) is 3. The first-order valence-corrected chi connectivity index (χ1v) is 8.14. The number of carbonyl (C=O) groups excluding carboxylic acids is 1. The van der Waals surface area contributed by atoms with E-state index in [1.165, 1.54) is 0 Å². The number of para-hydroxylation sites is 1. The Bertz CT molecular complexity index is 1030. The first-order chi connectivity index (χ1) is 12.5. The number of hydrogen-bond acceptors (Lipinski definition) is 4. The maximum Gasteiger partial charge on any atom is 0.279 e. The lowest BCUT2D eigenvalue weighted by Crippen LogP contribution is -3.08. The van der Waals surface area contributed by atoms with Crippen LogP contribution in [-0.2, 0) is 11.3 Å². The number of carbonyl (C=O) groups is 1. The van der Waals surface area contributed by atoms with Crippen LogP contribution in [0.5, 0.6) is 0 Å². The molecule has 0 aliphatic carbocycles. The van der Waals surface area contributed by atoms with Crippen LogP contribution < -0.4 is 15.8 Å². The van der Waals surface area contributed by atoms with Crippen molar-refractivity contribution in [3.8, 4) is 6.07 Å². The molecule has 0 radical (unpaired) electrons. The van der Waals surface area contributed by atoms with Crippen LogP contribution in [0, 0.1) is 11.3 Å². The van der Waals surface area contributed by atoms with Crippen molar-refractivity contribution < 1.29 is 9.69 Å². The molecule has 3 N–H and O–H groups in total. The van der Waals surface area contributed by atoms with Crippen LogP contribution in [0.2, 0.25) is 0 Å². The highest BCUT2D eigenvalue weighted by atomic mass is 16.2. The van der Waals surface area contributed by atoms with Gasteiger partial charge >= 0.3 is 0 Å². The fourth-order valence-corrected chi connectivity index (χ4v) is 2.67. The second-order valence-corrected chi connectivity index (χ2v) is 6.08. The van der Waals surface area contributed by atoms with Crippen molar-refractivity contribution in [1.82, 2.24) is 9.97 Å². The number of nitriles is 1. The summed E-state index contributed by atoms with van der Waals surface area (Å²) >= 11 is 0. The Kier molecular flexibility index (Phi) is 5.06. The smallest absolute Gasteiger partial charge is 0.279 e. The molecule has 0 fully saturated rings. The summed E-state index contributed by atoms with van der Waals surface area (Å²) in [4.78, 5) is 32.3. The zero-order valence-corrected chi connectivity index (χ0v) is 14.2. The monoisotopic (exact) mass is 348 g/mol. The second kappa shape index (κ2) is 7.59. The minimum absolute atomic E-state index is 0.157. The van der Waals surface area contributed by atoms with Crippen molar-refractivity contribution in [2.75, 3.05) is 18.9 Å². The SMILES string of the molecule is C[NH+](CC(=O)Nc1ccc(C#N)cc1)Cc1nc2ccccc2c(=O)[nH]1. The highest BCUT2D eigenvalue weighted by molar-refractivity contribution is 5.91. The minimum atomic E-state index is -0.180. The van der Waals surface area contributed by atoms with Crippen LogP contribution in [0.4, 0.5) is 5.69 Å². The van der Waals surface area contributed by atoms with E-state index in [1.807, 2.05) is 19.2 Å². The summed E-state index contributed by atoms with van der Waals surface area (Å²) in [7, 11) is 1.85. The Balaban J connectivity index is 1.63. The number of anilines is 1. The number of rotatable bonds is 5. The molecular formula is C19H18N5O2+. The van der Waals surface area contributed by atoms with E-state index in [9.17, 15) is 9.59 Å². The third-order valence-corrected chi connectivity index (χ3v) is 3.89. The van der Waals surface area contributed by atoms with Crippen molar-refractivity contribution >= 4 is 22.5 Å². The summed E-state index contributed by atoms with van der Waals surface area (Å²) in [6, 6.07) is 15.9. The molecular weight excluding hydrogens is 330 g/mol. The first-order valence-electron chi connectivity index (χ1n) is 8.14. The molecule has 1 aromatic heterocycles. The molecule has 0 bridgehead atoms. The van der Waals surface area contributed by atoms with Gasteiger partial charge < -0.3 is 15.2 Å². The molecule has 0 spiro atoms. The van der Waals surface area contributed by atoms with E-state index in [0.717, 1.165) is 4.90 Å². The van der Waals surface area contributed by atoms with Crippen LogP contribution >= 0.6 is 0 Å². The van der Waals surface area contributed by atoms with Crippen LogP contribution in [0.1, 0.15) is 11.4 Å². The second-order valence-electron chi connectivity index (χ2n) is 6.08. The Morgan fingerprint density at radius 1 is 1.23 bits per heavy atom. The lowest BCUT2D eigenvalue weighted by molar-refractivity contribution is -0.885. The van der Waals surface area contributed by atoms with Gasteiger partial charge in [-0.2, -0.15) is 5.26 Å². The van der Waals surface area contributed by atoms with Crippen molar-refractivity contribution in [3.05, 3.63) is 70.3 Å². The molecule has 7 nitrogen and oxygen atoms in total. The molecule has 7 heteroatoms. The zero-order valence-electron chi connectivity index (χ0n) is 14.2. The zero-order chi connectivity index (χ0) is 18.5. The van der Waals surface area contributed by atoms with Gasteiger partial charge in [-0.3, -0.25) is 9.59 Å². The van der Waals surface area contributed by atoms with E-state index in [4.69, 9.17) is 5.26 Å². The summed E-state index contributed by atoms with van der Waals surface area (Å²) in [5, 5.41) is 12.1. The molecule has 3 aromatic rings. The number of quaternary nitrogens is 1. The molecule has 0 saturated heterocycles. The van der Waals surface area contributed by atoms with Crippen LogP contribution in [0.15, 0.2) is 53.3 Å². The fraction of sp³-hybridized carbons (Fsp3) is 0.158. The maximum atomic E-state index is 12.2. The van der Waals surface area contributed by atoms with Crippen molar-refractivity contribution in [1.29, 1.82) is 5.26 Å². The van der Waals surface area contributed by atoms with Gasteiger partial charge in [0.25, 0.3) is 11.5 Å². The number of likely N-dealkylation sites (N-methyl/N-ethyl adjacent to an activating group) is 1. The predicted octanol–water partition coefficient (Wildman–Crippen LogP) is 0.448. The van der Waals surface area contributed by atoms with E-state index in [0.29, 0.717) is 34.5 Å². The average molecular weight is 348 g/mol. The number of H-pyrrole nitrogens is 1. The van der Waals surface area contributed by atoms with Gasteiger partial charge in [0, 0.05) is 5.69 Å². The van der Waals surface area contributed by atoms with E-state index in [2.05, 4.69) is 15.3 Å². The summed E-state index contributed by atoms with van der Waals surface area (Å²) in [6.07, 6.45) is 0. The minimum Gasteiger partial charge on any atom is -0.323 e. The normalized spacial score (nSPS) is 11.7. The van der Waals surface area contributed by atoms with Gasteiger partial charge in [-0.15, -0.1) is 0 Å². The van der Waals surface area contributed by atoms with Gasteiger partial charge in [0.05, 0.1) is 29.6 Å². The standard InChI is InChI=1S/C19H17N5O2/c1-24(12-18(25)21-14-8-6-13(10-20)7-9-14)11-17-22-16-5-3-2-4-15(16)19(26)23-17/h2-9H,11-12H2,1H3,(H,21,25)(H,22,23,26)/p+1. The van der Waals surface area contributed by atoms with Gasteiger partial charge in [-0.1, -0.05) is 12.1 Å². The third kappa shape index (κ3) is 4.12. The maximum absolute atomic E-state index is 12.2. The largest absolute Gasteiger partial charge is 0.323 e. The summed E-state index contributed by atoms with van der Waals surface area (Å²) in [5.41, 5.74) is 1.64. The Hall–Kier alpha value is -3.50. The highest BCUT2D eigenvalue weighted by Crippen LogP contribution is 2.08. The lowest BCUT2D eigenvalue weighted by atomic mass is 10.2. The van der Waals surface area contributed by atoms with E-state index < -0.39 is 0 Å². The Morgan fingerprint density at radius 2 is 1.96 bits per heavy atom. The molecule has 1 amide bonds. The number of benzene rings is 2. The number of aromatic amines is 1. The van der Waals surface area contributed by atoms with E-state index >= 15 is 0 Å². The van der Waals surface area contributed by atoms with Gasteiger partial charge in [0.1, 0.15) is 6.54 Å². The van der Waals surface area contributed by atoms with Gasteiger partial charge in [0.2, 0.25) is 0 Å². The van der Waals surface area contributed by atoms with E-state index in [1.54, 1.807) is 42.5 Å². The number of aromatic nitrogens is 2. The number of amides is 1. The number of nitrogens with one attached hydrogen (secondary N) is 3. The molecule has 3 rings (SSSR count). The third-order valence-electron chi connectivity index (χ3n) is 3.89. The molecule has 1 unspecified atom stereocenters. The Labute approximate surface area is 149 Å². The molecule has 2 aromatic carbocycles. The number of fused-ring (bicyclic) bond motifs is 1. The molecule has 0 aliphatic rings. The van der Waals surface area contributed by atoms with Gasteiger partial charge in [0.15, 0.2) is 12.4 Å². The van der Waals surface area contributed by atoms with Crippen molar-refractivity contribution in [2.24, 2.45) is 0 Å². The van der Waals surface area contributed by atoms with E-state index in [-0.39, 0.29) is 18.0 Å². The van der Waals surface area contributed by atoms with Crippen LogP contribution in [0.25, 0.3) is 10.9 Å². The predicted molar refractivity (Wildman–Crippen MR) is 97.6 cm³/mol. The molecule has 1 heterocycles. The highest BCUT2D eigenvalue weighted by Gasteiger charge is 2.13. The quantitative estimate of drug-likeness (QED) is 0.623. The van der Waals surface area contributed by atoms with Crippen molar-refractivity contribution in [3.63, 3.8) is 0 Å². The number of nitrogens with zero attached hydrogens (tertiary/aromatic N) is 2. The molecule has 1 atom stereocenters. The summed E-state index contributed by atoms with van der Waals surface area (Å²) in [6.45, 7) is 0.636. The molecule has 26 heavy (non-hydrogen) atoms. The summed E-state index contributed by atoms with van der Waals surface area (Å²) in [5.74, 6) is 0.382. The Morgan fingerprint density at radius 3 is 2.69 bits per heavy atom. The van der Waals surface area contributed by atoms with Gasteiger partial charge in [-0.05, 0) is 36.4 Å². The summed E-state index contributed by atoms with van der Waals surface area (Å²) < 4.78 is 0. The molecule has 130 valence electrons. The van der Waals surface area contributed by atoms with Crippen molar-refractivity contribution in [2.45, 2.75) is 6.54 Å². The lowest BCUT2D eigenvalue weighted by Gasteiger charge is -2.13. The molecule has 0 saturated carbocycles. The van der Waals surface area contributed by atoms with Gasteiger partial charge in [-0.25, -0.2) is 4.98 Å². The topological polar surface area (TPSA) is 103 Å². The van der Waals surface area contributed by atoms with Crippen LogP contribution in [-0.4, -0.2) is 29.5 Å². The average Bonchev–Trinajstić information content (AvgIpc) is 2.62. The first kappa shape index (κ1) is 17.3. The fourth-order valence-electron chi connectivity index (χ4n) is 2.67.